The average Bonchev–Trinajstić information content (AvgIpc) is 2.61. The smallest absolute Gasteiger partial charge is 0.365 e. The fourth-order valence-electron chi connectivity index (χ4n) is 1.89. The highest BCUT2D eigenvalue weighted by atomic mass is 79.9. The predicted octanol–water partition coefficient (Wildman–Crippen LogP) is -1.46. The normalized spacial score (nSPS) is 23.5. The van der Waals surface area contributed by atoms with E-state index in [4.69, 9.17) is 5.73 Å². The number of carbonyl (C=O) groups is 3. The molecule has 0 saturated carbocycles. The van der Waals surface area contributed by atoms with Crippen LogP contribution in [0.5, 0.6) is 0 Å². The molecule has 96 valence electrons. The first-order valence-electron chi connectivity index (χ1n) is 5.06. The van der Waals surface area contributed by atoms with Crippen molar-refractivity contribution in [3.8, 4) is 0 Å². The number of carbonyl (C=O) groups excluding carboxylic acids is 3. The quantitative estimate of drug-likeness (QED) is 0.498. The molecule has 2 heterocycles. The van der Waals surface area contributed by atoms with Crippen LogP contribution in [0.2, 0.25) is 0 Å². The van der Waals surface area contributed by atoms with Crippen LogP contribution in [0.15, 0.2) is 4.99 Å². The summed E-state index contributed by atoms with van der Waals surface area (Å²) in [5, 5.41) is 0. The molecule has 0 radical (unpaired) electrons. The fourth-order valence-corrected chi connectivity index (χ4v) is 2.40. The largest absolute Gasteiger partial charge is 0.366 e. The second-order valence-corrected chi connectivity index (χ2v) is 4.68. The van der Waals surface area contributed by atoms with E-state index in [9.17, 15) is 14.4 Å². The molecule has 0 aromatic rings. The Morgan fingerprint density at radius 2 is 2.06 bits per heavy atom. The molecule has 2 N–H and O–H groups in total. The minimum atomic E-state index is -0.792. The number of imide groups is 1. The zero-order valence-corrected chi connectivity index (χ0v) is 11.3. The number of fused-ring (bicyclic) bond motifs is 1. The van der Waals surface area contributed by atoms with Gasteiger partial charge in [0.1, 0.15) is 0 Å². The number of likely N-dealkylation sites (N-methyl/N-ethyl adjacent to an activating group) is 2. The van der Waals surface area contributed by atoms with Crippen molar-refractivity contribution in [1.29, 1.82) is 0 Å². The first kappa shape index (κ1) is 12.7. The molecule has 1 saturated heterocycles. The predicted molar refractivity (Wildman–Crippen MR) is 65.4 cm³/mol. The van der Waals surface area contributed by atoms with Crippen LogP contribution in [-0.2, 0) is 9.59 Å². The van der Waals surface area contributed by atoms with Gasteiger partial charge in [0.05, 0.1) is 15.9 Å². The first-order valence-corrected chi connectivity index (χ1v) is 5.85. The van der Waals surface area contributed by atoms with Crippen LogP contribution in [0.1, 0.15) is 0 Å². The molecule has 0 aromatic heterocycles. The lowest BCUT2D eigenvalue weighted by Gasteiger charge is -2.30. The van der Waals surface area contributed by atoms with Crippen molar-refractivity contribution in [2.75, 3.05) is 20.6 Å². The van der Waals surface area contributed by atoms with Crippen LogP contribution >= 0.6 is 15.9 Å². The Morgan fingerprint density at radius 1 is 1.44 bits per heavy atom. The van der Waals surface area contributed by atoms with Gasteiger partial charge in [0.25, 0.3) is 23.7 Å². The van der Waals surface area contributed by atoms with Crippen molar-refractivity contribution in [3.05, 3.63) is 0 Å². The Hall–Kier alpha value is -1.77. The third kappa shape index (κ3) is 1.70. The summed E-state index contributed by atoms with van der Waals surface area (Å²) in [7, 11) is 2.90. The number of primary amides is 1. The maximum absolute atomic E-state index is 12.1. The van der Waals surface area contributed by atoms with E-state index in [2.05, 4.69) is 20.9 Å². The summed E-state index contributed by atoms with van der Waals surface area (Å²) in [6.45, 7) is -0.153. The summed E-state index contributed by atoms with van der Waals surface area (Å²) >= 11 is 3.16. The molecule has 0 aromatic carbocycles. The molecular formula is C9H11BrN5O3+. The number of rotatable bonds is 2. The molecule has 9 heteroatoms. The van der Waals surface area contributed by atoms with E-state index in [1.165, 1.54) is 23.6 Å². The highest BCUT2D eigenvalue weighted by Crippen LogP contribution is 2.20. The molecule has 18 heavy (non-hydrogen) atoms. The molecule has 0 aliphatic carbocycles. The Morgan fingerprint density at radius 3 is 2.61 bits per heavy atom. The van der Waals surface area contributed by atoms with Gasteiger partial charge in [-0.05, 0) is 4.99 Å². The van der Waals surface area contributed by atoms with Crippen LogP contribution < -0.4 is 5.73 Å². The molecule has 2 rings (SSSR count). The van der Waals surface area contributed by atoms with Gasteiger partial charge in [0.15, 0.2) is 6.54 Å². The van der Waals surface area contributed by atoms with E-state index >= 15 is 0 Å². The molecule has 4 amide bonds. The number of hydrogen-bond acceptors (Lipinski definition) is 4. The fraction of sp³-hybridized carbons (Fsp3) is 0.444. The third-order valence-corrected chi connectivity index (χ3v) is 3.44. The number of amides is 4. The van der Waals surface area contributed by atoms with Gasteiger partial charge in [0.2, 0.25) is 0 Å². The van der Waals surface area contributed by atoms with E-state index in [0.29, 0.717) is 4.74 Å². The number of hydrogen-bond donors (Lipinski definition) is 1. The third-order valence-electron chi connectivity index (χ3n) is 2.81. The molecule has 0 bridgehead atoms. The number of nitrogens with two attached hydrogens (primary N) is 1. The van der Waals surface area contributed by atoms with Crippen LogP contribution in [0.25, 0.3) is 0 Å². The summed E-state index contributed by atoms with van der Waals surface area (Å²) in [5.74, 6) is -0.734. The van der Waals surface area contributed by atoms with E-state index in [1.807, 2.05) is 0 Å². The molecule has 1 fully saturated rings. The van der Waals surface area contributed by atoms with Crippen molar-refractivity contribution in [3.63, 3.8) is 0 Å². The van der Waals surface area contributed by atoms with Crippen LogP contribution in [0.4, 0.5) is 4.79 Å². The molecular weight excluding hydrogens is 306 g/mol. The highest BCUT2D eigenvalue weighted by molar-refractivity contribution is 9.18. The molecule has 1 atom stereocenters. The van der Waals surface area contributed by atoms with E-state index in [1.54, 1.807) is 0 Å². The van der Waals surface area contributed by atoms with Gasteiger partial charge < -0.3 is 5.73 Å². The second kappa shape index (κ2) is 4.16. The minimum absolute atomic E-state index is 0.153. The Kier molecular flexibility index (Phi) is 2.93. The summed E-state index contributed by atoms with van der Waals surface area (Å²) in [4.78, 5) is 41.1. The minimum Gasteiger partial charge on any atom is -0.366 e. The van der Waals surface area contributed by atoms with Crippen molar-refractivity contribution in [1.82, 2.24) is 9.80 Å². The van der Waals surface area contributed by atoms with Gasteiger partial charge in [-0.15, -0.1) is 0 Å². The summed E-state index contributed by atoms with van der Waals surface area (Å²) in [6.07, 6.45) is 0. The number of aliphatic imine (C=N–C) groups is 1. The monoisotopic (exact) mass is 316 g/mol. The lowest BCUT2D eigenvalue weighted by molar-refractivity contribution is -0.521. The lowest BCUT2D eigenvalue weighted by Crippen LogP contribution is -2.62. The molecule has 0 spiro atoms. The standard InChI is InChI=1S/C9H10BrN5O3/c1-13-6-5(7(17)14(2)9(13)18)15(3-4(11)16)8(10)12-6/h5H,3H2,1-2H3,(H-,11,16)/p+1. The topological polar surface area (TPSA) is 99.1 Å². The van der Waals surface area contributed by atoms with E-state index in [-0.39, 0.29) is 12.4 Å². The molecule has 1 unspecified atom stereocenters. The summed E-state index contributed by atoms with van der Waals surface area (Å²) in [5.41, 5.74) is 5.13. The number of urea groups is 1. The lowest BCUT2D eigenvalue weighted by atomic mass is 10.1. The number of amidine groups is 2. The van der Waals surface area contributed by atoms with Crippen LogP contribution in [-0.4, -0.2) is 69.5 Å². The SMILES string of the molecule is CN1C(=O)C2C(=NC(Br)=[N+]2CC(N)=O)N(C)C1=O. The number of halogens is 1. The van der Waals surface area contributed by atoms with Gasteiger partial charge in [-0.25, -0.2) is 9.37 Å². The Bertz CT molecular complexity index is 526. The van der Waals surface area contributed by atoms with E-state index in [0.717, 1.165) is 4.90 Å². The zero-order chi connectivity index (χ0) is 13.6. The van der Waals surface area contributed by atoms with Crippen molar-refractivity contribution in [2.24, 2.45) is 10.7 Å². The highest BCUT2D eigenvalue weighted by Gasteiger charge is 2.52. The zero-order valence-electron chi connectivity index (χ0n) is 9.75. The van der Waals surface area contributed by atoms with Crippen LogP contribution in [0, 0.1) is 0 Å². The Labute approximate surface area is 111 Å². The summed E-state index contributed by atoms with van der Waals surface area (Å²) < 4.78 is 1.73. The maximum atomic E-state index is 12.1. The van der Waals surface area contributed by atoms with Crippen molar-refractivity contribution in [2.45, 2.75) is 6.04 Å². The van der Waals surface area contributed by atoms with Crippen molar-refractivity contribution < 1.29 is 19.0 Å². The van der Waals surface area contributed by atoms with Gasteiger partial charge in [-0.2, -0.15) is 0 Å². The first-order chi connectivity index (χ1) is 8.34. The van der Waals surface area contributed by atoms with E-state index < -0.39 is 23.9 Å². The maximum Gasteiger partial charge on any atom is 0.365 e. The molecule has 2 aliphatic rings. The molecule has 2 aliphatic heterocycles. The van der Waals surface area contributed by atoms with Crippen LogP contribution in [0.3, 0.4) is 0 Å². The van der Waals surface area contributed by atoms with Gasteiger partial charge in [-0.1, -0.05) is 0 Å². The van der Waals surface area contributed by atoms with Gasteiger partial charge in [-0.3, -0.25) is 19.4 Å². The molecule has 8 nitrogen and oxygen atoms in total. The van der Waals surface area contributed by atoms with Gasteiger partial charge >= 0.3 is 10.8 Å². The van der Waals surface area contributed by atoms with Gasteiger partial charge in [0, 0.05) is 14.1 Å². The average molecular weight is 317 g/mol. The number of nitrogens with zero attached hydrogens (tertiary/aromatic N) is 4. The Balaban J connectivity index is 2.43. The van der Waals surface area contributed by atoms with Crippen molar-refractivity contribution >= 4 is 44.4 Å². The second-order valence-electron chi connectivity index (χ2n) is 3.97. The summed E-state index contributed by atoms with van der Waals surface area (Å²) in [6, 6.07) is -1.25.